The highest BCUT2D eigenvalue weighted by atomic mass is 32.7. The van der Waals surface area contributed by atoms with Crippen LogP contribution >= 0.6 is 19.0 Å². The summed E-state index contributed by atoms with van der Waals surface area (Å²) in [5, 5.41) is 6.44. The first-order valence-electron chi connectivity index (χ1n) is 5.18. The molecule has 0 saturated heterocycles. The molecule has 0 aromatic rings. The van der Waals surface area contributed by atoms with E-state index in [1.807, 2.05) is 0 Å². The van der Waals surface area contributed by atoms with Crippen molar-refractivity contribution in [1.82, 2.24) is 10.6 Å². The SMILES string of the molecule is CCNCCCNCCCOP(=O)(O)S. The van der Waals surface area contributed by atoms with Crippen LogP contribution in [0.15, 0.2) is 0 Å². The number of hydrogen-bond donors (Lipinski definition) is 4. The molecule has 0 aromatic heterocycles. The molecule has 0 aromatic carbocycles. The van der Waals surface area contributed by atoms with Gasteiger partial charge in [0.2, 0.25) is 0 Å². The lowest BCUT2D eigenvalue weighted by Crippen LogP contribution is -2.23. The lowest BCUT2D eigenvalue weighted by molar-refractivity contribution is 0.271. The van der Waals surface area contributed by atoms with E-state index in [-0.39, 0.29) is 6.61 Å². The molecule has 0 aliphatic heterocycles. The van der Waals surface area contributed by atoms with Crippen molar-refractivity contribution in [2.24, 2.45) is 0 Å². The molecule has 0 fully saturated rings. The summed E-state index contributed by atoms with van der Waals surface area (Å²) in [6, 6.07) is 0. The zero-order chi connectivity index (χ0) is 11.6. The minimum atomic E-state index is -3.58. The lowest BCUT2D eigenvalue weighted by atomic mass is 10.4. The van der Waals surface area contributed by atoms with E-state index in [4.69, 9.17) is 4.89 Å². The Morgan fingerprint density at radius 3 is 2.47 bits per heavy atom. The summed E-state index contributed by atoms with van der Waals surface area (Å²) in [6.07, 6.45) is 1.80. The third-order valence-electron chi connectivity index (χ3n) is 1.71. The van der Waals surface area contributed by atoms with Crippen molar-refractivity contribution in [3.05, 3.63) is 0 Å². The van der Waals surface area contributed by atoms with Gasteiger partial charge in [-0.1, -0.05) is 19.2 Å². The Labute approximate surface area is 96.7 Å². The van der Waals surface area contributed by atoms with Gasteiger partial charge in [-0.25, -0.2) is 4.57 Å². The summed E-state index contributed by atoms with van der Waals surface area (Å²) in [5.74, 6) is 0. The van der Waals surface area contributed by atoms with Crippen LogP contribution in [0.5, 0.6) is 0 Å². The minimum Gasteiger partial charge on any atom is -0.317 e. The molecular weight excluding hydrogens is 235 g/mol. The van der Waals surface area contributed by atoms with Crippen LogP contribution in [0.1, 0.15) is 19.8 Å². The van der Waals surface area contributed by atoms with Gasteiger partial charge in [0.1, 0.15) is 0 Å². The van der Waals surface area contributed by atoms with E-state index < -0.39 is 6.80 Å². The first-order valence-corrected chi connectivity index (χ1v) is 7.91. The van der Waals surface area contributed by atoms with Crippen molar-refractivity contribution in [2.45, 2.75) is 19.8 Å². The van der Waals surface area contributed by atoms with E-state index in [0.29, 0.717) is 6.42 Å². The molecule has 0 spiro atoms. The van der Waals surface area contributed by atoms with Crippen molar-refractivity contribution in [3.63, 3.8) is 0 Å². The maximum absolute atomic E-state index is 10.6. The van der Waals surface area contributed by atoms with E-state index in [0.717, 1.165) is 32.6 Å². The van der Waals surface area contributed by atoms with Crippen LogP contribution in [0.25, 0.3) is 0 Å². The largest absolute Gasteiger partial charge is 0.383 e. The quantitative estimate of drug-likeness (QED) is 0.267. The molecule has 3 N–H and O–H groups in total. The van der Waals surface area contributed by atoms with Crippen molar-refractivity contribution in [3.8, 4) is 0 Å². The molecule has 5 nitrogen and oxygen atoms in total. The van der Waals surface area contributed by atoms with Gasteiger partial charge in [0, 0.05) is 0 Å². The summed E-state index contributed by atoms with van der Waals surface area (Å²) < 4.78 is 15.2. The van der Waals surface area contributed by atoms with Crippen LogP contribution in [-0.2, 0) is 9.09 Å². The molecule has 15 heavy (non-hydrogen) atoms. The van der Waals surface area contributed by atoms with Crippen LogP contribution in [0.2, 0.25) is 0 Å². The van der Waals surface area contributed by atoms with Gasteiger partial charge in [-0.3, -0.25) is 0 Å². The highest BCUT2D eigenvalue weighted by Gasteiger charge is 2.09. The van der Waals surface area contributed by atoms with Gasteiger partial charge >= 0.3 is 6.80 Å². The molecule has 7 heteroatoms. The third kappa shape index (κ3) is 14.4. The minimum absolute atomic E-state index is 0.261. The van der Waals surface area contributed by atoms with Gasteiger partial charge in [-0.2, -0.15) is 0 Å². The van der Waals surface area contributed by atoms with Gasteiger partial charge in [-0.05, 0) is 39.0 Å². The van der Waals surface area contributed by atoms with Crippen LogP contribution in [0.4, 0.5) is 0 Å². The average molecular weight is 256 g/mol. The number of hydrogen-bond acceptors (Lipinski definition) is 4. The summed E-state index contributed by atoms with van der Waals surface area (Å²) in [4.78, 5) is 8.69. The third-order valence-corrected chi connectivity index (χ3v) is 2.58. The molecule has 0 aliphatic carbocycles. The maximum Gasteiger partial charge on any atom is 0.383 e. The van der Waals surface area contributed by atoms with Gasteiger partial charge < -0.3 is 20.1 Å². The van der Waals surface area contributed by atoms with Crippen LogP contribution in [0, 0.1) is 0 Å². The Hall–Kier alpha value is 0.420. The van der Waals surface area contributed by atoms with Crippen molar-refractivity contribution >= 4 is 19.0 Å². The second-order valence-corrected chi connectivity index (χ2v) is 5.89. The highest BCUT2D eigenvalue weighted by molar-refractivity contribution is 8.44. The fourth-order valence-electron chi connectivity index (χ4n) is 1.02. The molecule has 0 bridgehead atoms. The summed E-state index contributed by atoms with van der Waals surface area (Å²) >= 11 is 3.40. The molecular formula is C8H21N2O3PS. The fraction of sp³-hybridized carbons (Fsp3) is 1.00. The predicted octanol–water partition coefficient (Wildman–Crippen LogP) is 1.01. The molecule has 0 heterocycles. The predicted molar refractivity (Wildman–Crippen MR) is 65.4 cm³/mol. The van der Waals surface area contributed by atoms with E-state index >= 15 is 0 Å². The summed E-state index contributed by atoms with van der Waals surface area (Å²) in [6.45, 7) is 2.52. The van der Waals surface area contributed by atoms with Crippen LogP contribution in [0.3, 0.4) is 0 Å². The van der Waals surface area contributed by atoms with Crippen molar-refractivity contribution in [1.29, 1.82) is 0 Å². The number of thiol groups is 1. The molecule has 0 aliphatic rings. The number of nitrogens with one attached hydrogen (secondary N) is 2. The Kier molecular flexibility index (Phi) is 9.90. The fourth-order valence-corrected chi connectivity index (χ4v) is 1.63. The maximum atomic E-state index is 10.6. The van der Waals surface area contributed by atoms with E-state index in [1.165, 1.54) is 0 Å². The molecule has 1 unspecified atom stereocenters. The Morgan fingerprint density at radius 1 is 1.27 bits per heavy atom. The zero-order valence-corrected chi connectivity index (χ0v) is 10.9. The van der Waals surface area contributed by atoms with E-state index in [2.05, 4.69) is 34.3 Å². The van der Waals surface area contributed by atoms with Gasteiger partial charge in [0.25, 0.3) is 0 Å². The monoisotopic (exact) mass is 256 g/mol. The second kappa shape index (κ2) is 9.63. The molecule has 0 amide bonds. The Bertz CT molecular complexity index is 189. The number of rotatable bonds is 10. The Balaban J connectivity index is 3.02. The second-order valence-electron chi connectivity index (χ2n) is 3.13. The molecule has 0 radical (unpaired) electrons. The standard InChI is InChI=1S/C8H21N2O3PS/c1-2-9-5-3-6-10-7-4-8-13-14(11,12)15/h9-10H,2-8H2,1H3,(H2,11,12,15). The normalized spacial score (nSPS) is 15.1. The lowest BCUT2D eigenvalue weighted by Gasteiger charge is -2.07. The molecule has 92 valence electrons. The van der Waals surface area contributed by atoms with Crippen LogP contribution in [-0.4, -0.2) is 37.7 Å². The van der Waals surface area contributed by atoms with Gasteiger partial charge in [0.15, 0.2) is 0 Å². The average Bonchev–Trinajstić information content (AvgIpc) is 2.14. The van der Waals surface area contributed by atoms with Gasteiger partial charge in [-0.15, -0.1) is 0 Å². The summed E-state index contributed by atoms with van der Waals surface area (Å²) in [5.41, 5.74) is 0. The zero-order valence-electron chi connectivity index (χ0n) is 9.11. The van der Waals surface area contributed by atoms with Crippen molar-refractivity contribution < 1.29 is 14.0 Å². The smallest absolute Gasteiger partial charge is 0.317 e. The van der Waals surface area contributed by atoms with E-state index in [9.17, 15) is 4.57 Å². The van der Waals surface area contributed by atoms with Crippen molar-refractivity contribution in [2.75, 3.05) is 32.8 Å². The molecule has 0 saturated carbocycles. The van der Waals surface area contributed by atoms with E-state index in [1.54, 1.807) is 0 Å². The topological polar surface area (TPSA) is 70.6 Å². The first kappa shape index (κ1) is 15.4. The first-order chi connectivity index (χ1) is 7.06. The van der Waals surface area contributed by atoms with Gasteiger partial charge in [0.05, 0.1) is 6.61 Å². The Morgan fingerprint density at radius 2 is 1.87 bits per heavy atom. The molecule has 1 atom stereocenters. The molecule has 0 rings (SSSR count). The van der Waals surface area contributed by atoms with Crippen LogP contribution < -0.4 is 10.6 Å². The summed E-state index contributed by atoms with van der Waals surface area (Å²) in [7, 11) is 0. The highest BCUT2D eigenvalue weighted by Crippen LogP contribution is 2.46.